The number of benzene rings is 1. The monoisotopic (exact) mass is 356 g/mol. The number of amides is 3. The zero-order valence-electron chi connectivity index (χ0n) is 12.2. The Morgan fingerprint density at radius 3 is 2.48 bits per heavy atom. The molecule has 2 aliphatic heterocycles. The first-order valence-corrected chi connectivity index (χ1v) is 9.34. The maximum atomic E-state index is 12.1. The van der Waals surface area contributed by atoms with E-state index in [-0.39, 0.29) is 36.1 Å². The first-order chi connectivity index (χ1) is 10.7. The summed E-state index contributed by atoms with van der Waals surface area (Å²) >= 11 is 0. The highest BCUT2D eigenvalue weighted by Gasteiger charge is 2.36. The molecule has 9 heteroatoms. The number of carbonyl (C=O) groups is 3. The standard InChI is InChI=1S/C14H13ClN2O5S/c1-16-13(19)10-3-2-9(5-11(10)14(16)20)17-6-8(4-12(17)18)7-23(15,21)22/h2-3,5,8H,4,6-7H2,1H3. The smallest absolute Gasteiger partial charge is 0.261 e. The minimum atomic E-state index is -3.68. The average Bonchev–Trinajstić information content (AvgIpc) is 2.91. The minimum absolute atomic E-state index is 0.0792. The van der Waals surface area contributed by atoms with Crippen molar-refractivity contribution in [3.8, 4) is 0 Å². The number of imide groups is 1. The van der Waals surface area contributed by atoms with Crippen molar-refractivity contribution in [3.05, 3.63) is 29.3 Å². The summed E-state index contributed by atoms with van der Waals surface area (Å²) in [4.78, 5) is 38.4. The SMILES string of the molecule is CN1C(=O)c2ccc(N3CC(CS(=O)(=O)Cl)CC3=O)cc2C1=O. The van der Waals surface area contributed by atoms with Gasteiger partial charge in [-0.2, -0.15) is 0 Å². The Hall–Kier alpha value is -1.93. The Kier molecular flexibility index (Phi) is 3.68. The highest BCUT2D eigenvalue weighted by molar-refractivity contribution is 8.13. The van der Waals surface area contributed by atoms with E-state index in [0.29, 0.717) is 11.3 Å². The highest BCUT2D eigenvalue weighted by atomic mass is 35.7. The van der Waals surface area contributed by atoms with Crippen LogP contribution in [0.3, 0.4) is 0 Å². The fourth-order valence-electron chi connectivity index (χ4n) is 2.94. The van der Waals surface area contributed by atoms with Crippen molar-refractivity contribution in [2.24, 2.45) is 5.92 Å². The van der Waals surface area contributed by atoms with Crippen LogP contribution in [0.2, 0.25) is 0 Å². The van der Waals surface area contributed by atoms with Gasteiger partial charge in [-0.05, 0) is 18.2 Å². The van der Waals surface area contributed by atoms with Gasteiger partial charge in [-0.15, -0.1) is 0 Å². The van der Waals surface area contributed by atoms with Crippen LogP contribution in [0, 0.1) is 5.92 Å². The van der Waals surface area contributed by atoms with Crippen molar-refractivity contribution in [1.29, 1.82) is 0 Å². The van der Waals surface area contributed by atoms with Crippen molar-refractivity contribution in [3.63, 3.8) is 0 Å². The maximum Gasteiger partial charge on any atom is 0.261 e. The third-order valence-corrected chi connectivity index (χ3v) is 5.27. The van der Waals surface area contributed by atoms with E-state index in [1.807, 2.05) is 0 Å². The van der Waals surface area contributed by atoms with E-state index in [1.54, 1.807) is 6.07 Å². The summed E-state index contributed by atoms with van der Waals surface area (Å²) in [6, 6.07) is 4.58. The van der Waals surface area contributed by atoms with Gasteiger partial charge in [0.05, 0.1) is 16.9 Å². The van der Waals surface area contributed by atoms with Crippen molar-refractivity contribution in [2.45, 2.75) is 6.42 Å². The lowest BCUT2D eigenvalue weighted by molar-refractivity contribution is -0.117. The second-order valence-electron chi connectivity index (χ2n) is 5.68. The van der Waals surface area contributed by atoms with Gasteiger partial charge in [-0.25, -0.2) is 8.42 Å². The minimum Gasteiger partial charge on any atom is -0.312 e. The van der Waals surface area contributed by atoms with Crippen LogP contribution < -0.4 is 4.90 Å². The van der Waals surface area contributed by atoms with Crippen LogP contribution in [0.4, 0.5) is 5.69 Å². The second-order valence-corrected chi connectivity index (χ2v) is 8.50. The van der Waals surface area contributed by atoms with Gasteiger partial charge in [0.25, 0.3) is 11.8 Å². The molecule has 1 fully saturated rings. The Bertz CT molecular complexity index is 836. The molecule has 3 rings (SSSR count). The summed E-state index contributed by atoms with van der Waals surface area (Å²) in [6.07, 6.45) is 0.0792. The number of anilines is 1. The van der Waals surface area contributed by atoms with Crippen LogP contribution in [0.5, 0.6) is 0 Å². The molecule has 0 aromatic heterocycles. The van der Waals surface area contributed by atoms with Gasteiger partial charge < -0.3 is 4.90 Å². The lowest BCUT2D eigenvalue weighted by Gasteiger charge is -2.17. The molecule has 122 valence electrons. The van der Waals surface area contributed by atoms with Crippen molar-refractivity contribution >= 4 is 43.1 Å². The number of fused-ring (bicyclic) bond motifs is 1. The van der Waals surface area contributed by atoms with Gasteiger partial charge in [-0.1, -0.05) is 0 Å². The molecule has 7 nitrogen and oxygen atoms in total. The molecule has 2 heterocycles. The predicted molar refractivity (Wildman–Crippen MR) is 83.0 cm³/mol. The summed E-state index contributed by atoms with van der Waals surface area (Å²) in [6.45, 7) is 0.210. The quantitative estimate of drug-likeness (QED) is 0.591. The molecule has 0 N–H and O–H groups in total. The largest absolute Gasteiger partial charge is 0.312 e. The van der Waals surface area contributed by atoms with Gasteiger partial charge in [-0.3, -0.25) is 19.3 Å². The first kappa shape index (κ1) is 15.9. The van der Waals surface area contributed by atoms with Crippen LogP contribution >= 0.6 is 10.7 Å². The summed E-state index contributed by atoms with van der Waals surface area (Å²) in [5.74, 6) is -1.70. The van der Waals surface area contributed by atoms with Gasteiger partial charge in [0, 0.05) is 42.3 Å². The lowest BCUT2D eigenvalue weighted by Crippen LogP contribution is -2.25. The molecule has 1 atom stereocenters. The zero-order valence-corrected chi connectivity index (χ0v) is 13.7. The van der Waals surface area contributed by atoms with E-state index in [0.717, 1.165) is 4.90 Å². The molecular formula is C14H13ClN2O5S. The van der Waals surface area contributed by atoms with E-state index >= 15 is 0 Å². The molecule has 3 amide bonds. The second kappa shape index (κ2) is 5.31. The Labute approximate surface area is 137 Å². The van der Waals surface area contributed by atoms with E-state index in [1.165, 1.54) is 24.1 Å². The van der Waals surface area contributed by atoms with Gasteiger partial charge >= 0.3 is 0 Å². The van der Waals surface area contributed by atoms with Gasteiger partial charge in [0.15, 0.2) is 0 Å². The Balaban J connectivity index is 1.88. The molecule has 0 saturated carbocycles. The molecule has 23 heavy (non-hydrogen) atoms. The van der Waals surface area contributed by atoms with E-state index < -0.39 is 20.9 Å². The predicted octanol–water partition coefficient (Wildman–Crippen LogP) is 0.834. The molecule has 1 aromatic carbocycles. The van der Waals surface area contributed by atoms with E-state index in [2.05, 4.69) is 0 Å². The molecule has 1 unspecified atom stereocenters. The fraction of sp³-hybridized carbons (Fsp3) is 0.357. The summed E-state index contributed by atoms with van der Waals surface area (Å²) in [7, 11) is 2.95. The summed E-state index contributed by atoms with van der Waals surface area (Å²) < 4.78 is 22.3. The third kappa shape index (κ3) is 2.84. The zero-order chi connectivity index (χ0) is 16.9. The fourth-order valence-corrected chi connectivity index (χ4v) is 4.26. The summed E-state index contributed by atoms with van der Waals surface area (Å²) in [5.41, 5.74) is 1.02. The summed E-state index contributed by atoms with van der Waals surface area (Å²) in [5, 5.41) is 0. The first-order valence-electron chi connectivity index (χ1n) is 6.86. The van der Waals surface area contributed by atoms with E-state index in [4.69, 9.17) is 10.7 Å². The molecule has 0 radical (unpaired) electrons. The Morgan fingerprint density at radius 2 is 1.83 bits per heavy atom. The van der Waals surface area contributed by atoms with Crippen molar-refractivity contribution in [1.82, 2.24) is 4.90 Å². The molecular weight excluding hydrogens is 344 g/mol. The number of rotatable bonds is 3. The topological polar surface area (TPSA) is 91.8 Å². The number of nitrogens with zero attached hydrogens (tertiary/aromatic N) is 2. The van der Waals surface area contributed by atoms with Crippen LogP contribution in [-0.2, 0) is 13.8 Å². The molecule has 1 saturated heterocycles. The molecule has 1 aromatic rings. The lowest BCUT2D eigenvalue weighted by atomic mass is 10.1. The van der Waals surface area contributed by atoms with Crippen molar-refractivity contribution in [2.75, 3.05) is 24.2 Å². The molecule has 2 aliphatic rings. The number of hydrogen-bond acceptors (Lipinski definition) is 5. The number of hydrogen-bond donors (Lipinski definition) is 0. The normalized spacial score (nSPS) is 21.3. The number of carbonyl (C=O) groups excluding carboxylic acids is 3. The molecule has 0 aliphatic carbocycles. The van der Waals surface area contributed by atoms with Crippen LogP contribution in [0.1, 0.15) is 27.1 Å². The number of halogens is 1. The van der Waals surface area contributed by atoms with E-state index in [9.17, 15) is 22.8 Å². The van der Waals surface area contributed by atoms with Crippen LogP contribution in [0.15, 0.2) is 18.2 Å². The average molecular weight is 357 g/mol. The highest BCUT2D eigenvalue weighted by Crippen LogP contribution is 2.31. The van der Waals surface area contributed by atoms with Gasteiger partial charge in [0.2, 0.25) is 15.0 Å². The maximum absolute atomic E-state index is 12.1. The molecule has 0 bridgehead atoms. The van der Waals surface area contributed by atoms with Crippen LogP contribution in [0.25, 0.3) is 0 Å². The Morgan fingerprint density at radius 1 is 1.17 bits per heavy atom. The third-order valence-electron chi connectivity index (χ3n) is 4.02. The van der Waals surface area contributed by atoms with Gasteiger partial charge in [0.1, 0.15) is 0 Å². The molecule has 0 spiro atoms. The van der Waals surface area contributed by atoms with Crippen LogP contribution in [-0.4, -0.2) is 50.4 Å². The van der Waals surface area contributed by atoms with Crippen molar-refractivity contribution < 1.29 is 22.8 Å².